The van der Waals surface area contributed by atoms with Crippen LogP contribution in [0.3, 0.4) is 0 Å². The molecule has 0 saturated carbocycles. The molecule has 0 fully saturated rings. The van der Waals surface area contributed by atoms with Crippen LogP contribution in [0.25, 0.3) is 0 Å². The van der Waals surface area contributed by atoms with Crippen LogP contribution in [0.1, 0.15) is 28.9 Å². The summed E-state index contributed by atoms with van der Waals surface area (Å²) in [7, 11) is 0. The second kappa shape index (κ2) is 4.65. The first-order valence-electron chi connectivity index (χ1n) is 5.18. The van der Waals surface area contributed by atoms with Gasteiger partial charge in [0.15, 0.2) is 0 Å². The van der Waals surface area contributed by atoms with E-state index in [0.29, 0.717) is 11.4 Å². The molecule has 1 atom stereocenters. The molecule has 0 aliphatic carbocycles. The first-order chi connectivity index (χ1) is 8.18. The van der Waals surface area contributed by atoms with E-state index in [1.807, 2.05) is 6.92 Å². The number of amides is 1. The zero-order chi connectivity index (χ0) is 12.3. The van der Waals surface area contributed by atoms with Gasteiger partial charge in [0, 0.05) is 18.0 Å². The Morgan fingerprint density at radius 2 is 2.41 bits per heavy atom. The van der Waals surface area contributed by atoms with Gasteiger partial charge in [0.2, 0.25) is 0 Å². The minimum absolute atomic E-state index is 0.0123. The van der Waals surface area contributed by atoms with Crippen molar-refractivity contribution in [3.8, 4) is 0 Å². The number of primary amides is 1. The number of hydrogen-bond acceptors (Lipinski definition) is 4. The number of aromatic amines is 1. The molecule has 6 nitrogen and oxygen atoms in total. The van der Waals surface area contributed by atoms with E-state index >= 15 is 0 Å². The van der Waals surface area contributed by atoms with E-state index in [4.69, 9.17) is 5.73 Å². The molecule has 1 amide bonds. The van der Waals surface area contributed by atoms with Crippen LogP contribution in [0, 0.1) is 0 Å². The topological polar surface area (TPSA) is 96.7 Å². The molecule has 2 aromatic heterocycles. The predicted octanol–water partition coefficient (Wildman–Crippen LogP) is 1.08. The van der Waals surface area contributed by atoms with E-state index in [1.54, 1.807) is 30.7 Å². The maximum absolute atomic E-state index is 11.2. The summed E-state index contributed by atoms with van der Waals surface area (Å²) in [6.45, 7) is 1.95. The summed E-state index contributed by atoms with van der Waals surface area (Å²) >= 11 is 0. The Morgan fingerprint density at radius 3 is 3.06 bits per heavy atom. The van der Waals surface area contributed by atoms with Crippen molar-refractivity contribution < 1.29 is 4.79 Å². The summed E-state index contributed by atoms with van der Waals surface area (Å²) in [6, 6.07) is 3.30. The third-order valence-electron chi connectivity index (χ3n) is 2.45. The van der Waals surface area contributed by atoms with Crippen molar-refractivity contribution in [2.45, 2.75) is 13.0 Å². The van der Waals surface area contributed by atoms with Crippen LogP contribution in [0.4, 0.5) is 5.82 Å². The Hall–Kier alpha value is -2.37. The standard InChI is InChI=1S/C11H13N5O/c1-7(8-5-14-15-6-8)16-11-9(10(12)17)3-2-4-13-11/h2-7H,1H3,(H2,12,17)(H,13,16)(H,14,15). The number of nitrogens with two attached hydrogens (primary N) is 1. The van der Waals surface area contributed by atoms with Gasteiger partial charge in [0.05, 0.1) is 17.8 Å². The highest BCUT2D eigenvalue weighted by Crippen LogP contribution is 2.19. The molecule has 4 N–H and O–H groups in total. The lowest BCUT2D eigenvalue weighted by molar-refractivity contribution is 0.100. The Labute approximate surface area is 98.3 Å². The summed E-state index contributed by atoms with van der Waals surface area (Å²) in [5.41, 5.74) is 6.63. The maximum atomic E-state index is 11.2. The van der Waals surface area contributed by atoms with Gasteiger partial charge in [-0.3, -0.25) is 9.89 Å². The van der Waals surface area contributed by atoms with Crippen LogP contribution >= 0.6 is 0 Å². The highest BCUT2D eigenvalue weighted by atomic mass is 16.1. The fourth-order valence-corrected chi connectivity index (χ4v) is 1.51. The number of H-pyrrole nitrogens is 1. The van der Waals surface area contributed by atoms with Gasteiger partial charge in [-0.15, -0.1) is 0 Å². The summed E-state index contributed by atoms with van der Waals surface area (Å²) in [5, 5.41) is 9.72. The molecule has 0 spiro atoms. The SMILES string of the molecule is CC(Nc1ncccc1C(N)=O)c1cn[nH]c1. The molecule has 6 heteroatoms. The van der Waals surface area contributed by atoms with Crippen LogP contribution in [0.15, 0.2) is 30.7 Å². The van der Waals surface area contributed by atoms with Crippen molar-refractivity contribution in [2.75, 3.05) is 5.32 Å². The Kier molecular flexibility index (Phi) is 3.04. The molecular weight excluding hydrogens is 218 g/mol. The molecular formula is C11H13N5O. The molecule has 0 aromatic carbocycles. The van der Waals surface area contributed by atoms with Gasteiger partial charge < -0.3 is 11.1 Å². The number of aromatic nitrogens is 3. The summed E-state index contributed by atoms with van der Waals surface area (Å²) < 4.78 is 0. The van der Waals surface area contributed by atoms with Crippen molar-refractivity contribution in [1.29, 1.82) is 0 Å². The Balaban J connectivity index is 2.21. The summed E-state index contributed by atoms with van der Waals surface area (Å²) in [4.78, 5) is 15.3. The van der Waals surface area contributed by atoms with Crippen molar-refractivity contribution in [1.82, 2.24) is 15.2 Å². The van der Waals surface area contributed by atoms with E-state index in [9.17, 15) is 4.79 Å². The van der Waals surface area contributed by atoms with E-state index in [1.165, 1.54) is 0 Å². The molecule has 2 rings (SSSR count). The van der Waals surface area contributed by atoms with Gasteiger partial charge in [0.1, 0.15) is 5.82 Å². The molecule has 17 heavy (non-hydrogen) atoms. The number of hydrogen-bond donors (Lipinski definition) is 3. The quantitative estimate of drug-likeness (QED) is 0.733. The normalized spacial score (nSPS) is 12.1. The number of carbonyl (C=O) groups excluding carboxylic acids is 1. The largest absolute Gasteiger partial charge is 0.365 e. The lowest BCUT2D eigenvalue weighted by atomic mass is 10.1. The van der Waals surface area contributed by atoms with Gasteiger partial charge in [-0.05, 0) is 19.1 Å². The smallest absolute Gasteiger partial charge is 0.252 e. The number of pyridine rings is 1. The van der Waals surface area contributed by atoms with E-state index < -0.39 is 5.91 Å². The molecule has 0 aliphatic heterocycles. The fourth-order valence-electron chi connectivity index (χ4n) is 1.51. The van der Waals surface area contributed by atoms with Crippen LogP contribution < -0.4 is 11.1 Å². The summed E-state index contributed by atoms with van der Waals surface area (Å²) in [5.74, 6) is -0.0197. The molecule has 0 aliphatic rings. The zero-order valence-electron chi connectivity index (χ0n) is 9.34. The number of carbonyl (C=O) groups is 1. The van der Waals surface area contributed by atoms with Gasteiger partial charge in [-0.2, -0.15) is 5.10 Å². The van der Waals surface area contributed by atoms with Gasteiger partial charge in [-0.1, -0.05) is 0 Å². The van der Waals surface area contributed by atoms with Crippen molar-refractivity contribution in [2.24, 2.45) is 5.73 Å². The minimum atomic E-state index is -0.500. The Bertz CT molecular complexity index is 508. The first kappa shape index (κ1) is 11.1. The van der Waals surface area contributed by atoms with Crippen molar-refractivity contribution in [3.63, 3.8) is 0 Å². The third kappa shape index (κ3) is 2.41. The monoisotopic (exact) mass is 231 g/mol. The van der Waals surface area contributed by atoms with Crippen molar-refractivity contribution >= 4 is 11.7 Å². The molecule has 0 bridgehead atoms. The zero-order valence-corrected chi connectivity index (χ0v) is 9.34. The fraction of sp³-hybridized carbons (Fsp3) is 0.182. The number of anilines is 1. The molecule has 1 unspecified atom stereocenters. The Morgan fingerprint density at radius 1 is 1.59 bits per heavy atom. The average Bonchev–Trinajstić information content (AvgIpc) is 2.83. The lowest BCUT2D eigenvalue weighted by Crippen LogP contribution is -2.16. The van der Waals surface area contributed by atoms with E-state index in [-0.39, 0.29) is 6.04 Å². The maximum Gasteiger partial charge on any atom is 0.252 e. The van der Waals surface area contributed by atoms with Gasteiger partial charge in [-0.25, -0.2) is 4.98 Å². The third-order valence-corrected chi connectivity index (χ3v) is 2.45. The van der Waals surface area contributed by atoms with E-state index in [0.717, 1.165) is 5.56 Å². The highest BCUT2D eigenvalue weighted by molar-refractivity contribution is 5.97. The van der Waals surface area contributed by atoms with Crippen LogP contribution in [0.2, 0.25) is 0 Å². The van der Waals surface area contributed by atoms with Crippen LogP contribution in [-0.4, -0.2) is 21.1 Å². The average molecular weight is 231 g/mol. The second-order valence-electron chi connectivity index (χ2n) is 3.66. The highest BCUT2D eigenvalue weighted by Gasteiger charge is 2.12. The van der Waals surface area contributed by atoms with Crippen LogP contribution in [-0.2, 0) is 0 Å². The van der Waals surface area contributed by atoms with Gasteiger partial charge in [0.25, 0.3) is 5.91 Å². The van der Waals surface area contributed by atoms with Crippen molar-refractivity contribution in [3.05, 3.63) is 41.9 Å². The molecule has 88 valence electrons. The van der Waals surface area contributed by atoms with E-state index in [2.05, 4.69) is 20.5 Å². The molecule has 2 heterocycles. The second-order valence-corrected chi connectivity index (χ2v) is 3.66. The predicted molar refractivity (Wildman–Crippen MR) is 63.4 cm³/mol. The number of nitrogens with one attached hydrogen (secondary N) is 2. The lowest BCUT2D eigenvalue weighted by Gasteiger charge is -2.14. The first-order valence-corrected chi connectivity index (χ1v) is 5.18. The molecule has 2 aromatic rings. The van der Waals surface area contributed by atoms with Gasteiger partial charge >= 0.3 is 0 Å². The minimum Gasteiger partial charge on any atom is -0.365 e. The van der Waals surface area contributed by atoms with Crippen LogP contribution in [0.5, 0.6) is 0 Å². The molecule has 0 saturated heterocycles. The molecule has 0 radical (unpaired) electrons. The number of nitrogens with zero attached hydrogens (tertiary/aromatic N) is 2. The number of rotatable bonds is 4. The summed E-state index contributed by atoms with van der Waals surface area (Å²) in [6.07, 6.45) is 5.10.